The van der Waals surface area contributed by atoms with E-state index in [0.29, 0.717) is 22.8 Å². The SMILES string of the molecule is CN1CCN(C(=O)c2ccc(CSCC(=O)Nc3ccc(F)cc3)cc2)CC1. The molecule has 1 heterocycles. The number of hydrogen-bond donors (Lipinski definition) is 1. The molecular weight excluding hydrogens is 377 g/mol. The number of carbonyl (C=O) groups is 2. The van der Waals surface area contributed by atoms with Gasteiger partial charge in [0.05, 0.1) is 5.75 Å². The highest BCUT2D eigenvalue weighted by molar-refractivity contribution is 7.99. The Morgan fingerprint density at radius 3 is 2.29 bits per heavy atom. The van der Waals surface area contributed by atoms with Crippen molar-refractivity contribution >= 4 is 29.3 Å². The van der Waals surface area contributed by atoms with Gasteiger partial charge in [-0.25, -0.2) is 4.39 Å². The van der Waals surface area contributed by atoms with Crippen molar-refractivity contribution in [1.29, 1.82) is 0 Å². The molecule has 1 saturated heterocycles. The zero-order valence-corrected chi connectivity index (χ0v) is 16.7. The molecule has 0 aliphatic carbocycles. The number of thioether (sulfide) groups is 1. The number of carbonyl (C=O) groups excluding carboxylic acids is 2. The fourth-order valence-corrected chi connectivity index (χ4v) is 3.72. The van der Waals surface area contributed by atoms with Gasteiger partial charge in [-0.1, -0.05) is 12.1 Å². The van der Waals surface area contributed by atoms with Crippen LogP contribution in [0, 0.1) is 5.82 Å². The van der Waals surface area contributed by atoms with Gasteiger partial charge in [0.15, 0.2) is 0 Å². The van der Waals surface area contributed by atoms with Crippen LogP contribution in [-0.4, -0.2) is 60.6 Å². The Morgan fingerprint density at radius 2 is 1.64 bits per heavy atom. The first-order valence-corrected chi connectivity index (χ1v) is 10.4. The molecule has 0 saturated carbocycles. The van der Waals surface area contributed by atoms with E-state index in [2.05, 4.69) is 17.3 Å². The Morgan fingerprint density at radius 1 is 1.00 bits per heavy atom. The number of piperazine rings is 1. The van der Waals surface area contributed by atoms with E-state index in [-0.39, 0.29) is 17.6 Å². The molecule has 1 aliphatic heterocycles. The molecule has 0 aromatic heterocycles. The van der Waals surface area contributed by atoms with Gasteiger partial charge in [-0.15, -0.1) is 11.8 Å². The molecule has 2 aromatic rings. The number of anilines is 1. The fraction of sp³-hybridized carbons (Fsp3) is 0.333. The van der Waals surface area contributed by atoms with Gasteiger partial charge < -0.3 is 15.1 Å². The second-order valence-electron chi connectivity index (χ2n) is 6.84. The van der Waals surface area contributed by atoms with Gasteiger partial charge in [-0.2, -0.15) is 0 Å². The van der Waals surface area contributed by atoms with Crippen LogP contribution in [0.5, 0.6) is 0 Å². The Kier molecular flexibility index (Phi) is 7.06. The lowest BCUT2D eigenvalue weighted by Gasteiger charge is -2.32. The number of likely N-dealkylation sites (N-methyl/N-ethyl adjacent to an activating group) is 1. The first-order chi connectivity index (χ1) is 13.5. The van der Waals surface area contributed by atoms with Crippen molar-refractivity contribution in [2.75, 3.05) is 44.3 Å². The van der Waals surface area contributed by atoms with Gasteiger partial charge in [0, 0.05) is 43.2 Å². The van der Waals surface area contributed by atoms with Crippen molar-refractivity contribution in [3.05, 3.63) is 65.5 Å². The van der Waals surface area contributed by atoms with Crippen LogP contribution in [0.3, 0.4) is 0 Å². The largest absolute Gasteiger partial charge is 0.336 e. The normalized spacial score (nSPS) is 14.7. The molecule has 2 amide bonds. The van der Waals surface area contributed by atoms with Crippen molar-refractivity contribution in [2.24, 2.45) is 0 Å². The fourth-order valence-electron chi connectivity index (χ4n) is 2.93. The molecular formula is C21H24FN3O2S. The van der Waals surface area contributed by atoms with Gasteiger partial charge in [0.1, 0.15) is 5.82 Å². The minimum atomic E-state index is -0.332. The summed E-state index contributed by atoms with van der Waals surface area (Å²) in [4.78, 5) is 28.6. The van der Waals surface area contributed by atoms with E-state index in [0.717, 1.165) is 31.7 Å². The summed E-state index contributed by atoms with van der Waals surface area (Å²) in [5.74, 6) is 0.602. The third kappa shape index (κ3) is 5.81. The lowest BCUT2D eigenvalue weighted by Crippen LogP contribution is -2.47. The van der Waals surface area contributed by atoms with Crippen LogP contribution in [0.1, 0.15) is 15.9 Å². The quantitative estimate of drug-likeness (QED) is 0.808. The minimum absolute atomic E-state index is 0.0750. The average Bonchev–Trinajstić information content (AvgIpc) is 2.70. The number of nitrogens with one attached hydrogen (secondary N) is 1. The van der Waals surface area contributed by atoms with E-state index in [9.17, 15) is 14.0 Å². The Labute approximate surface area is 168 Å². The summed E-state index contributed by atoms with van der Waals surface area (Å²) in [7, 11) is 2.06. The molecule has 0 spiro atoms. The van der Waals surface area contributed by atoms with Crippen molar-refractivity contribution in [3.8, 4) is 0 Å². The lowest BCUT2D eigenvalue weighted by atomic mass is 10.1. The molecule has 1 fully saturated rings. The van der Waals surface area contributed by atoms with E-state index in [1.807, 2.05) is 29.2 Å². The van der Waals surface area contributed by atoms with Gasteiger partial charge >= 0.3 is 0 Å². The van der Waals surface area contributed by atoms with Gasteiger partial charge in [0.2, 0.25) is 5.91 Å². The maximum atomic E-state index is 12.9. The zero-order valence-electron chi connectivity index (χ0n) is 15.9. The van der Waals surface area contributed by atoms with Crippen molar-refractivity contribution in [3.63, 3.8) is 0 Å². The molecule has 1 aliphatic rings. The maximum Gasteiger partial charge on any atom is 0.253 e. The number of amides is 2. The van der Waals surface area contributed by atoms with E-state index in [4.69, 9.17) is 0 Å². The van der Waals surface area contributed by atoms with Crippen molar-refractivity contribution in [2.45, 2.75) is 5.75 Å². The molecule has 3 rings (SSSR count). The predicted octanol–water partition coefficient (Wildman–Crippen LogP) is 3.09. The van der Waals surface area contributed by atoms with E-state index >= 15 is 0 Å². The van der Waals surface area contributed by atoms with Crippen LogP contribution in [0.15, 0.2) is 48.5 Å². The first kappa shape index (κ1) is 20.4. The molecule has 148 valence electrons. The Bertz CT molecular complexity index is 803. The smallest absolute Gasteiger partial charge is 0.253 e. The van der Waals surface area contributed by atoms with Crippen molar-refractivity contribution in [1.82, 2.24) is 9.80 Å². The molecule has 28 heavy (non-hydrogen) atoms. The molecule has 5 nitrogen and oxygen atoms in total. The highest BCUT2D eigenvalue weighted by Gasteiger charge is 2.20. The second kappa shape index (κ2) is 9.71. The predicted molar refractivity (Wildman–Crippen MR) is 111 cm³/mol. The topological polar surface area (TPSA) is 52.7 Å². The van der Waals surface area contributed by atoms with Crippen LogP contribution in [0.2, 0.25) is 0 Å². The Balaban J connectivity index is 1.43. The number of rotatable bonds is 6. The van der Waals surface area contributed by atoms with E-state index in [1.54, 1.807) is 0 Å². The van der Waals surface area contributed by atoms with E-state index in [1.165, 1.54) is 36.0 Å². The first-order valence-electron chi connectivity index (χ1n) is 9.21. The molecule has 7 heteroatoms. The van der Waals surface area contributed by atoms with Crippen LogP contribution in [0.25, 0.3) is 0 Å². The molecule has 0 bridgehead atoms. The van der Waals surface area contributed by atoms with Crippen LogP contribution in [-0.2, 0) is 10.5 Å². The summed E-state index contributed by atoms with van der Waals surface area (Å²) in [6.45, 7) is 3.33. The third-order valence-corrected chi connectivity index (χ3v) is 5.63. The molecule has 0 atom stereocenters. The lowest BCUT2D eigenvalue weighted by molar-refractivity contribution is -0.113. The van der Waals surface area contributed by atoms with Crippen LogP contribution < -0.4 is 5.32 Å². The molecule has 0 unspecified atom stereocenters. The zero-order chi connectivity index (χ0) is 19.9. The van der Waals surface area contributed by atoms with Gasteiger partial charge in [0.25, 0.3) is 5.91 Å². The highest BCUT2D eigenvalue weighted by Crippen LogP contribution is 2.16. The third-order valence-electron chi connectivity index (χ3n) is 4.62. The van der Waals surface area contributed by atoms with Crippen molar-refractivity contribution < 1.29 is 14.0 Å². The van der Waals surface area contributed by atoms with Gasteiger partial charge in [-0.3, -0.25) is 9.59 Å². The number of halogens is 1. The summed E-state index contributed by atoms with van der Waals surface area (Å²) >= 11 is 1.49. The minimum Gasteiger partial charge on any atom is -0.336 e. The monoisotopic (exact) mass is 401 g/mol. The van der Waals surface area contributed by atoms with E-state index < -0.39 is 0 Å². The Hall–Kier alpha value is -2.38. The molecule has 2 aromatic carbocycles. The number of nitrogens with zero attached hydrogens (tertiary/aromatic N) is 2. The van der Waals surface area contributed by atoms with Gasteiger partial charge in [-0.05, 0) is 49.0 Å². The maximum absolute atomic E-state index is 12.9. The summed E-state index contributed by atoms with van der Waals surface area (Å²) in [6, 6.07) is 13.3. The summed E-state index contributed by atoms with van der Waals surface area (Å²) < 4.78 is 12.9. The standard InChI is InChI=1S/C21H24FN3O2S/c1-24-10-12-25(13-11-24)21(27)17-4-2-16(3-5-17)14-28-15-20(26)23-19-8-6-18(22)7-9-19/h2-9H,10-15H2,1H3,(H,23,26). The van der Waals surface area contributed by atoms with Crippen LogP contribution >= 0.6 is 11.8 Å². The van der Waals surface area contributed by atoms with Crippen LogP contribution in [0.4, 0.5) is 10.1 Å². The summed E-state index contributed by atoms with van der Waals surface area (Å²) in [5, 5.41) is 2.74. The highest BCUT2D eigenvalue weighted by atomic mass is 32.2. The molecule has 1 N–H and O–H groups in total. The summed E-state index contributed by atoms with van der Waals surface area (Å²) in [5.41, 5.74) is 2.35. The summed E-state index contributed by atoms with van der Waals surface area (Å²) in [6.07, 6.45) is 0. The molecule has 0 radical (unpaired) electrons. The average molecular weight is 402 g/mol. The number of benzene rings is 2. The second-order valence-corrected chi connectivity index (χ2v) is 7.83. The number of hydrogen-bond acceptors (Lipinski definition) is 4.